The number of nitrogens with zero attached hydrogens (tertiary/aromatic N) is 1. The molecule has 140 valence electrons. The fourth-order valence-corrected chi connectivity index (χ4v) is 5.38. The Bertz CT molecular complexity index is 728. The lowest BCUT2D eigenvalue weighted by Crippen LogP contribution is -2.50. The number of ether oxygens (including phenoxy) is 1. The van der Waals surface area contributed by atoms with Gasteiger partial charge in [0.25, 0.3) is 0 Å². The van der Waals surface area contributed by atoms with Crippen molar-refractivity contribution in [1.82, 2.24) is 9.62 Å². The van der Waals surface area contributed by atoms with Gasteiger partial charge in [-0.25, -0.2) is 17.9 Å². The van der Waals surface area contributed by atoms with Crippen LogP contribution in [0.5, 0.6) is 0 Å². The number of nitrogens with one attached hydrogen (secondary N) is 1. The van der Waals surface area contributed by atoms with Crippen LogP contribution in [0.1, 0.15) is 43.0 Å². The first-order valence-electron chi connectivity index (χ1n) is 8.35. The summed E-state index contributed by atoms with van der Waals surface area (Å²) in [6.07, 6.45) is 4.17. The van der Waals surface area contributed by atoms with E-state index >= 15 is 0 Å². The molecule has 2 rings (SSSR count). The van der Waals surface area contributed by atoms with E-state index in [1.807, 2.05) is 14.1 Å². The fraction of sp³-hybridized carbons (Fsp3) is 0.588. The summed E-state index contributed by atoms with van der Waals surface area (Å²) in [7, 11) is 0.299. The van der Waals surface area contributed by atoms with Gasteiger partial charge in [-0.1, -0.05) is 12.8 Å². The van der Waals surface area contributed by atoms with Gasteiger partial charge in [0.05, 0.1) is 17.1 Å². The molecule has 1 N–H and O–H groups in total. The van der Waals surface area contributed by atoms with Crippen LogP contribution in [0.25, 0.3) is 0 Å². The second-order valence-electron chi connectivity index (χ2n) is 6.52. The van der Waals surface area contributed by atoms with Gasteiger partial charge in [-0.15, -0.1) is 0 Å². The van der Waals surface area contributed by atoms with Gasteiger partial charge in [0.15, 0.2) is 0 Å². The number of benzene rings is 1. The molecule has 0 atom stereocenters. The predicted octanol–water partition coefficient (Wildman–Crippen LogP) is 2.78. The molecule has 0 unspecified atom stereocenters. The Balaban J connectivity index is 2.18. The summed E-state index contributed by atoms with van der Waals surface area (Å²) in [5.74, 6) is -0.474. The van der Waals surface area contributed by atoms with Crippen LogP contribution in [-0.2, 0) is 14.8 Å². The Hall–Kier alpha value is -0.960. The molecule has 0 saturated heterocycles. The van der Waals surface area contributed by atoms with Gasteiger partial charge in [-0.3, -0.25) is 0 Å². The minimum absolute atomic E-state index is 0.118. The highest BCUT2D eigenvalue weighted by atomic mass is 79.9. The van der Waals surface area contributed by atoms with Crippen molar-refractivity contribution in [2.75, 3.05) is 27.2 Å². The summed E-state index contributed by atoms with van der Waals surface area (Å²) in [6, 6.07) is 4.37. The largest absolute Gasteiger partial charge is 0.462 e. The highest BCUT2D eigenvalue weighted by Crippen LogP contribution is 2.33. The van der Waals surface area contributed by atoms with Crippen LogP contribution >= 0.6 is 15.9 Å². The lowest BCUT2D eigenvalue weighted by Gasteiger charge is -2.36. The summed E-state index contributed by atoms with van der Waals surface area (Å²) >= 11 is 3.26. The highest BCUT2D eigenvalue weighted by molar-refractivity contribution is 9.10. The number of rotatable bonds is 7. The van der Waals surface area contributed by atoms with Crippen molar-refractivity contribution >= 4 is 31.9 Å². The van der Waals surface area contributed by atoms with E-state index in [1.54, 1.807) is 6.92 Å². The SMILES string of the molecule is CCOC(=O)c1ccc(S(=O)(=O)NCC2(N(C)C)CCCC2)c(Br)c1. The first-order valence-corrected chi connectivity index (χ1v) is 10.6. The van der Waals surface area contributed by atoms with Crippen molar-refractivity contribution in [2.45, 2.75) is 43.0 Å². The maximum atomic E-state index is 12.7. The number of sulfonamides is 1. The fourth-order valence-electron chi connectivity index (χ4n) is 3.18. The molecule has 0 aliphatic heterocycles. The normalized spacial score (nSPS) is 17.0. The second-order valence-corrected chi connectivity index (χ2v) is 9.11. The lowest BCUT2D eigenvalue weighted by molar-refractivity contribution is 0.0526. The Kier molecular flexibility index (Phi) is 6.64. The van der Waals surface area contributed by atoms with E-state index in [4.69, 9.17) is 4.74 Å². The molecule has 0 radical (unpaired) electrons. The maximum absolute atomic E-state index is 12.7. The Morgan fingerprint density at radius 1 is 1.32 bits per heavy atom. The van der Waals surface area contributed by atoms with Gasteiger partial charge in [0, 0.05) is 16.6 Å². The molecule has 0 heterocycles. The van der Waals surface area contributed by atoms with Crippen LogP contribution in [-0.4, -0.2) is 52.1 Å². The van der Waals surface area contributed by atoms with E-state index in [-0.39, 0.29) is 17.0 Å². The molecular weight excluding hydrogens is 408 g/mol. The minimum atomic E-state index is -3.68. The molecule has 1 aromatic rings. The van der Waals surface area contributed by atoms with Crippen LogP contribution in [0, 0.1) is 0 Å². The molecule has 0 aromatic heterocycles. The summed E-state index contributed by atoms with van der Waals surface area (Å²) in [6.45, 7) is 2.36. The zero-order valence-electron chi connectivity index (χ0n) is 14.8. The van der Waals surface area contributed by atoms with Crippen molar-refractivity contribution < 1.29 is 17.9 Å². The van der Waals surface area contributed by atoms with Crippen LogP contribution in [0.2, 0.25) is 0 Å². The van der Waals surface area contributed by atoms with Crippen molar-refractivity contribution in [3.05, 3.63) is 28.2 Å². The van der Waals surface area contributed by atoms with Crippen LogP contribution < -0.4 is 4.72 Å². The topological polar surface area (TPSA) is 75.7 Å². The third-order valence-corrected chi connectivity index (χ3v) is 7.18. The smallest absolute Gasteiger partial charge is 0.338 e. The monoisotopic (exact) mass is 432 g/mol. The van der Waals surface area contributed by atoms with Crippen LogP contribution in [0.3, 0.4) is 0 Å². The van der Waals surface area contributed by atoms with Gasteiger partial charge >= 0.3 is 5.97 Å². The van der Waals surface area contributed by atoms with Crippen molar-refractivity contribution in [2.24, 2.45) is 0 Å². The summed E-state index contributed by atoms with van der Waals surface area (Å²) in [5.41, 5.74) is 0.179. The summed E-state index contributed by atoms with van der Waals surface area (Å²) in [5, 5.41) is 0. The quantitative estimate of drug-likeness (QED) is 0.670. The molecule has 25 heavy (non-hydrogen) atoms. The van der Waals surface area contributed by atoms with E-state index in [0.717, 1.165) is 25.7 Å². The zero-order valence-corrected chi connectivity index (χ0v) is 17.2. The minimum Gasteiger partial charge on any atom is -0.462 e. The summed E-state index contributed by atoms with van der Waals surface area (Å²) in [4.78, 5) is 14.0. The van der Waals surface area contributed by atoms with Gasteiger partial charge in [0.2, 0.25) is 10.0 Å². The maximum Gasteiger partial charge on any atom is 0.338 e. The van der Waals surface area contributed by atoms with Gasteiger partial charge in [-0.05, 0) is 68.0 Å². The van der Waals surface area contributed by atoms with Crippen molar-refractivity contribution in [1.29, 1.82) is 0 Å². The Morgan fingerprint density at radius 2 is 1.96 bits per heavy atom. The molecule has 0 amide bonds. The second kappa shape index (κ2) is 8.16. The number of esters is 1. The Morgan fingerprint density at radius 3 is 2.48 bits per heavy atom. The average molecular weight is 433 g/mol. The van der Waals surface area contributed by atoms with Gasteiger partial charge < -0.3 is 9.64 Å². The number of carbonyl (C=O) groups excluding carboxylic acids is 1. The summed E-state index contributed by atoms with van der Waals surface area (Å²) < 4.78 is 33.4. The standard InChI is InChI=1S/C17H25BrN2O4S/c1-4-24-16(21)13-7-8-15(14(18)11-13)25(22,23)19-12-17(20(2)3)9-5-6-10-17/h7-8,11,19H,4-6,9-10,12H2,1-3H3. The molecule has 6 nitrogen and oxygen atoms in total. The molecule has 1 saturated carbocycles. The number of carbonyl (C=O) groups is 1. The lowest BCUT2D eigenvalue weighted by atomic mass is 9.97. The van der Waals surface area contributed by atoms with E-state index in [1.165, 1.54) is 18.2 Å². The number of hydrogen-bond donors (Lipinski definition) is 1. The first-order chi connectivity index (χ1) is 11.7. The van der Waals surface area contributed by atoms with Gasteiger partial charge in [0.1, 0.15) is 0 Å². The molecule has 1 aromatic carbocycles. The zero-order chi connectivity index (χ0) is 18.7. The van der Waals surface area contributed by atoms with E-state index in [0.29, 0.717) is 16.6 Å². The first kappa shape index (κ1) is 20.4. The molecule has 0 bridgehead atoms. The van der Waals surface area contributed by atoms with Crippen LogP contribution in [0.15, 0.2) is 27.6 Å². The number of hydrogen-bond acceptors (Lipinski definition) is 5. The molecule has 1 fully saturated rings. The van der Waals surface area contributed by atoms with E-state index in [2.05, 4.69) is 25.6 Å². The Labute approximate surface area is 158 Å². The van der Waals surface area contributed by atoms with E-state index < -0.39 is 16.0 Å². The van der Waals surface area contributed by atoms with Crippen molar-refractivity contribution in [3.8, 4) is 0 Å². The molecule has 1 aliphatic carbocycles. The van der Waals surface area contributed by atoms with Gasteiger partial charge in [-0.2, -0.15) is 0 Å². The molecule has 0 spiro atoms. The average Bonchev–Trinajstić information content (AvgIpc) is 3.03. The van der Waals surface area contributed by atoms with Crippen molar-refractivity contribution in [3.63, 3.8) is 0 Å². The molecule has 1 aliphatic rings. The third-order valence-electron chi connectivity index (χ3n) is 4.81. The number of likely N-dealkylation sites (N-methyl/N-ethyl adjacent to an activating group) is 1. The van der Waals surface area contributed by atoms with E-state index in [9.17, 15) is 13.2 Å². The molecule has 8 heteroatoms. The third kappa shape index (κ3) is 4.61. The predicted molar refractivity (Wildman–Crippen MR) is 100 cm³/mol. The molecular formula is C17H25BrN2O4S. The highest BCUT2D eigenvalue weighted by Gasteiger charge is 2.37. The number of halogens is 1. The van der Waals surface area contributed by atoms with Crippen LogP contribution in [0.4, 0.5) is 0 Å².